The van der Waals surface area contributed by atoms with Gasteiger partial charge < -0.3 is 10.2 Å². The molecule has 1 N–H and O–H groups in total. The zero-order chi connectivity index (χ0) is 11.4. The van der Waals surface area contributed by atoms with E-state index in [2.05, 4.69) is 56.4 Å². The Kier molecular flexibility index (Phi) is 3.83. The highest BCUT2D eigenvalue weighted by Gasteiger charge is 2.10. The van der Waals surface area contributed by atoms with Crippen molar-refractivity contribution in [3.8, 4) is 0 Å². The van der Waals surface area contributed by atoms with Crippen LogP contribution in [-0.2, 0) is 6.42 Å². The van der Waals surface area contributed by atoms with E-state index in [-0.39, 0.29) is 0 Å². The van der Waals surface area contributed by atoms with E-state index in [0.717, 1.165) is 32.0 Å². The van der Waals surface area contributed by atoms with Crippen molar-refractivity contribution >= 4 is 21.9 Å². The highest BCUT2D eigenvalue weighted by atomic mass is 79.9. The lowest BCUT2D eigenvalue weighted by molar-refractivity contribution is 0.534. The third kappa shape index (κ3) is 2.76. The topological polar surface area (TPSA) is 27.6 Å². The van der Waals surface area contributed by atoms with Crippen LogP contribution in [0.3, 0.4) is 0 Å². The first kappa shape index (κ1) is 11.5. The largest absolute Gasteiger partial charge is 0.356 e. The predicted molar refractivity (Wildman–Crippen MR) is 70.8 cm³/mol. The molecule has 86 valence electrons. The van der Waals surface area contributed by atoms with Crippen molar-refractivity contribution in [1.29, 1.82) is 0 Å². The summed E-state index contributed by atoms with van der Waals surface area (Å²) in [6.07, 6.45) is 1.01. The van der Waals surface area contributed by atoms with Gasteiger partial charge >= 0.3 is 0 Å². The molecule has 4 heteroatoms. The molecule has 0 saturated heterocycles. The second-order valence-corrected chi connectivity index (χ2v) is 4.75. The molecular weight excluding hydrogens is 266 g/mol. The van der Waals surface area contributed by atoms with Gasteiger partial charge in [-0.05, 0) is 18.1 Å². The van der Waals surface area contributed by atoms with E-state index < -0.39 is 0 Å². The first-order chi connectivity index (χ1) is 7.77. The molecule has 3 nitrogen and oxygen atoms in total. The number of likely N-dealkylation sites (N-methyl/N-ethyl adjacent to an activating group) is 1. The van der Waals surface area contributed by atoms with Gasteiger partial charge in [-0.15, -0.1) is 0 Å². The fraction of sp³-hybridized carbons (Fsp3) is 0.417. The van der Waals surface area contributed by atoms with E-state index in [1.807, 2.05) is 6.07 Å². The van der Waals surface area contributed by atoms with Gasteiger partial charge in [0.25, 0.3) is 0 Å². The SMILES string of the molecule is CN1CCN=C1NCCc1ccccc1Br. The zero-order valence-corrected chi connectivity index (χ0v) is 11.0. The van der Waals surface area contributed by atoms with Crippen molar-refractivity contribution < 1.29 is 0 Å². The molecule has 0 spiro atoms. The molecule has 1 aromatic carbocycles. The lowest BCUT2D eigenvalue weighted by atomic mass is 10.1. The Morgan fingerprint density at radius 3 is 2.94 bits per heavy atom. The van der Waals surface area contributed by atoms with Gasteiger partial charge in [0.15, 0.2) is 5.96 Å². The maximum atomic E-state index is 4.39. The first-order valence-corrected chi connectivity index (χ1v) is 6.29. The van der Waals surface area contributed by atoms with Crippen molar-refractivity contribution in [3.63, 3.8) is 0 Å². The van der Waals surface area contributed by atoms with Crippen LogP contribution in [-0.4, -0.2) is 37.5 Å². The van der Waals surface area contributed by atoms with Crippen molar-refractivity contribution in [3.05, 3.63) is 34.3 Å². The number of hydrogen-bond donors (Lipinski definition) is 1. The van der Waals surface area contributed by atoms with E-state index in [9.17, 15) is 0 Å². The predicted octanol–water partition coefficient (Wildman–Crippen LogP) is 1.88. The minimum Gasteiger partial charge on any atom is -0.356 e. The van der Waals surface area contributed by atoms with Crippen LogP contribution in [0, 0.1) is 0 Å². The number of aliphatic imine (C=N–C) groups is 1. The van der Waals surface area contributed by atoms with E-state index in [1.54, 1.807) is 0 Å². The summed E-state index contributed by atoms with van der Waals surface area (Å²) in [5, 5.41) is 3.36. The fourth-order valence-electron chi connectivity index (χ4n) is 1.73. The van der Waals surface area contributed by atoms with Crippen LogP contribution in [0.25, 0.3) is 0 Å². The maximum Gasteiger partial charge on any atom is 0.193 e. The lowest BCUT2D eigenvalue weighted by Crippen LogP contribution is -2.36. The summed E-state index contributed by atoms with van der Waals surface area (Å²) in [6, 6.07) is 8.33. The van der Waals surface area contributed by atoms with Crippen LogP contribution in [0.4, 0.5) is 0 Å². The van der Waals surface area contributed by atoms with Crippen LogP contribution in [0.5, 0.6) is 0 Å². The second kappa shape index (κ2) is 5.34. The number of hydrogen-bond acceptors (Lipinski definition) is 3. The fourth-order valence-corrected chi connectivity index (χ4v) is 2.22. The summed E-state index contributed by atoms with van der Waals surface area (Å²) >= 11 is 3.55. The molecule has 0 aliphatic carbocycles. The van der Waals surface area contributed by atoms with Crippen molar-refractivity contribution in [2.75, 3.05) is 26.7 Å². The molecule has 0 amide bonds. The van der Waals surface area contributed by atoms with E-state index in [0.29, 0.717) is 0 Å². The molecule has 1 aliphatic heterocycles. The quantitative estimate of drug-likeness (QED) is 0.916. The lowest BCUT2D eigenvalue weighted by Gasteiger charge is -2.15. The van der Waals surface area contributed by atoms with Gasteiger partial charge in [0.05, 0.1) is 6.54 Å². The highest BCUT2D eigenvalue weighted by Crippen LogP contribution is 2.15. The Bertz CT molecular complexity index is 390. The third-order valence-corrected chi connectivity index (χ3v) is 3.47. The first-order valence-electron chi connectivity index (χ1n) is 5.50. The summed E-state index contributed by atoms with van der Waals surface area (Å²) in [4.78, 5) is 6.54. The molecule has 1 aromatic rings. The normalized spacial score (nSPS) is 15.1. The molecule has 0 saturated carbocycles. The van der Waals surface area contributed by atoms with Gasteiger partial charge in [-0.25, -0.2) is 0 Å². The standard InChI is InChI=1S/C12H16BrN3/c1-16-9-8-15-12(16)14-7-6-10-4-2-3-5-11(10)13/h2-5H,6-9H2,1H3,(H,14,15). The minimum atomic E-state index is 0.911. The van der Waals surface area contributed by atoms with E-state index in [4.69, 9.17) is 0 Å². The average Bonchev–Trinajstić information content (AvgIpc) is 2.67. The molecule has 0 bridgehead atoms. The minimum absolute atomic E-state index is 0.911. The Morgan fingerprint density at radius 1 is 1.44 bits per heavy atom. The van der Waals surface area contributed by atoms with E-state index in [1.165, 1.54) is 10.0 Å². The number of nitrogens with zero attached hydrogens (tertiary/aromatic N) is 2. The Labute approximate surface area is 105 Å². The van der Waals surface area contributed by atoms with E-state index >= 15 is 0 Å². The van der Waals surface area contributed by atoms with Gasteiger partial charge in [0, 0.05) is 24.6 Å². The molecule has 0 unspecified atom stereocenters. The molecule has 2 rings (SSSR count). The summed E-state index contributed by atoms with van der Waals surface area (Å²) in [5.74, 6) is 1.02. The van der Waals surface area contributed by atoms with Gasteiger partial charge in [0.1, 0.15) is 0 Å². The maximum absolute atomic E-state index is 4.39. The summed E-state index contributed by atoms with van der Waals surface area (Å²) in [5.41, 5.74) is 1.33. The van der Waals surface area contributed by atoms with Crippen molar-refractivity contribution in [1.82, 2.24) is 10.2 Å². The number of benzene rings is 1. The summed E-state index contributed by atoms with van der Waals surface area (Å²) in [6.45, 7) is 2.86. The van der Waals surface area contributed by atoms with Crippen LogP contribution < -0.4 is 5.32 Å². The number of rotatable bonds is 3. The molecule has 1 aliphatic rings. The van der Waals surface area contributed by atoms with Gasteiger partial charge in [-0.2, -0.15) is 0 Å². The van der Waals surface area contributed by atoms with Crippen LogP contribution in [0.15, 0.2) is 33.7 Å². The van der Waals surface area contributed by atoms with Crippen molar-refractivity contribution in [2.24, 2.45) is 4.99 Å². The molecule has 16 heavy (non-hydrogen) atoms. The molecule has 0 fully saturated rings. The number of halogens is 1. The van der Waals surface area contributed by atoms with Crippen LogP contribution in [0.1, 0.15) is 5.56 Å². The van der Waals surface area contributed by atoms with Crippen LogP contribution >= 0.6 is 15.9 Å². The molecular formula is C12H16BrN3. The smallest absolute Gasteiger partial charge is 0.193 e. The Hall–Kier alpha value is -1.03. The number of nitrogens with one attached hydrogen (secondary N) is 1. The third-order valence-electron chi connectivity index (χ3n) is 2.69. The monoisotopic (exact) mass is 281 g/mol. The van der Waals surface area contributed by atoms with Crippen LogP contribution in [0.2, 0.25) is 0 Å². The number of guanidine groups is 1. The van der Waals surface area contributed by atoms with Crippen molar-refractivity contribution in [2.45, 2.75) is 6.42 Å². The Morgan fingerprint density at radius 2 is 2.25 bits per heavy atom. The Balaban J connectivity index is 1.82. The highest BCUT2D eigenvalue weighted by molar-refractivity contribution is 9.10. The molecule has 0 aromatic heterocycles. The van der Waals surface area contributed by atoms with Gasteiger partial charge in [-0.1, -0.05) is 34.1 Å². The van der Waals surface area contributed by atoms with Gasteiger partial charge in [0.2, 0.25) is 0 Å². The molecule has 1 heterocycles. The summed E-state index contributed by atoms with van der Waals surface area (Å²) < 4.78 is 1.18. The zero-order valence-electron chi connectivity index (χ0n) is 9.41. The second-order valence-electron chi connectivity index (χ2n) is 3.90. The average molecular weight is 282 g/mol. The molecule has 0 atom stereocenters. The van der Waals surface area contributed by atoms with Gasteiger partial charge in [-0.3, -0.25) is 4.99 Å². The molecule has 0 radical (unpaired) electrons. The summed E-state index contributed by atoms with van der Waals surface area (Å²) in [7, 11) is 2.07.